The first-order valence-corrected chi connectivity index (χ1v) is 4.93. The van der Waals surface area contributed by atoms with E-state index in [9.17, 15) is 13.2 Å². The van der Waals surface area contributed by atoms with Crippen LogP contribution in [0, 0.1) is 0 Å². The molecule has 16 heavy (non-hydrogen) atoms. The molecular formula is C9H11F3N4. The van der Waals surface area contributed by atoms with E-state index in [1.807, 2.05) is 0 Å². The molecule has 1 aliphatic rings. The van der Waals surface area contributed by atoms with Gasteiger partial charge in [-0.05, 0) is 19.0 Å². The molecule has 0 saturated carbocycles. The first-order valence-electron chi connectivity index (χ1n) is 4.93. The fourth-order valence-electron chi connectivity index (χ4n) is 1.55. The van der Waals surface area contributed by atoms with Crippen LogP contribution in [0.3, 0.4) is 0 Å². The van der Waals surface area contributed by atoms with Gasteiger partial charge in [-0.1, -0.05) is 0 Å². The van der Waals surface area contributed by atoms with Crippen molar-refractivity contribution in [3.05, 3.63) is 18.0 Å². The van der Waals surface area contributed by atoms with E-state index < -0.39 is 11.9 Å². The van der Waals surface area contributed by atoms with Crippen LogP contribution in [-0.2, 0) is 6.18 Å². The van der Waals surface area contributed by atoms with E-state index in [2.05, 4.69) is 20.6 Å². The second-order valence-corrected chi connectivity index (χ2v) is 3.60. The average Bonchev–Trinajstić information content (AvgIpc) is 2.70. The smallest absolute Gasteiger partial charge is 0.350 e. The summed E-state index contributed by atoms with van der Waals surface area (Å²) in [6.45, 7) is 1.58. The van der Waals surface area contributed by atoms with Crippen LogP contribution in [0.25, 0.3) is 0 Å². The molecule has 88 valence electrons. The normalized spacial score (nSPS) is 21.1. The zero-order valence-electron chi connectivity index (χ0n) is 8.38. The van der Waals surface area contributed by atoms with Gasteiger partial charge < -0.3 is 10.6 Å². The van der Waals surface area contributed by atoms with Crippen LogP contribution in [0.2, 0.25) is 0 Å². The number of alkyl halides is 3. The first-order chi connectivity index (χ1) is 7.55. The molecule has 0 amide bonds. The minimum absolute atomic E-state index is 0.0310. The van der Waals surface area contributed by atoms with E-state index >= 15 is 0 Å². The number of hydrogen-bond donors (Lipinski definition) is 2. The highest BCUT2D eigenvalue weighted by Crippen LogP contribution is 2.27. The van der Waals surface area contributed by atoms with Crippen molar-refractivity contribution in [1.29, 1.82) is 0 Å². The molecule has 1 saturated heterocycles. The van der Waals surface area contributed by atoms with Gasteiger partial charge in [0.05, 0.1) is 0 Å². The summed E-state index contributed by atoms with van der Waals surface area (Å²) < 4.78 is 37.1. The van der Waals surface area contributed by atoms with E-state index in [-0.39, 0.29) is 12.0 Å². The number of rotatable bonds is 2. The van der Waals surface area contributed by atoms with Gasteiger partial charge in [0.25, 0.3) is 0 Å². The Morgan fingerprint density at radius 1 is 1.44 bits per heavy atom. The van der Waals surface area contributed by atoms with Gasteiger partial charge in [0.1, 0.15) is 5.69 Å². The molecule has 0 aliphatic carbocycles. The fraction of sp³-hybridized carbons (Fsp3) is 0.556. The lowest BCUT2D eigenvalue weighted by Crippen LogP contribution is -2.24. The van der Waals surface area contributed by atoms with Crippen molar-refractivity contribution >= 4 is 5.95 Å². The highest BCUT2D eigenvalue weighted by molar-refractivity contribution is 5.28. The largest absolute Gasteiger partial charge is 0.433 e. The number of anilines is 1. The Hall–Kier alpha value is -1.37. The van der Waals surface area contributed by atoms with Gasteiger partial charge >= 0.3 is 6.18 Å². The van der Waals surface area contributed by atoms with Crippen LogP contribution < -0.4 is 10.6 Å². The van der Waals surface area contributed by atoms with E-state index in [1.54, 1.807) is 0 Å². The number of hydrogen-bond acceptors (Lipinski definition) is 4. The zero-order chi connectivity index (χ0) is 11.6. The first kappa shape index (κ1) is 11.1. The van der Waals surface area contributed by atoms with Crippen molar-refractivity contribution in [3.8, 4) is 0 Å². The van der Waals surface area contributed by atoms with Crippen molar-refractivity contribution in [2.75, 3.05) is 18.4 Å². The summed E-state index contributed by atoms with van der Waals surface area (Å²) in [6.07, 6.45) is -2.45. The second kappa shape index (κ2) is 4.25. The minimum atomic E-state index is -4.42. The van der Waals surface area contributed by atoms with Gasteiger partial charge in [-0.15, -0.1) is 0 Å². The third-order valence-electron chi connectivity index (χ3n) is 2.34. The second-order valence-electron chi connectivity index (χ2n) is 3.60. The summed E-state index contributed by atoms with van der Waals surface area (Å²) in [6, 6.07) is 0.960. The Labute approximate surface area is 90.3 Å². The lowest BCUT2D eigenvalue weighted by molar-refractivity contribution is -0.141. The highest BCUT2D eigenvalue weighted by Gasteiger charge is 2.33. The summed E-state index contributed by atoms with van der Waals surface area (Å²) in [5.41, 5.74) is -0.920. The SMILES string of the molecule is FC(F)(F)c1ccnc(N[C@@H]2CCNC2)n1. The third-order valence-corrected chi connectivity index (χ3v) is 2.34. The lowest BCUT2D eigenvalue weighted by Gasteiger charge is -2.12. The number of nitrogens with zero attached hydrogens (tertiary/aromatic N) is 2. The standard InChI is InChI=1S/C9H11F3N4/c10-9(11,12)7-2-4-14-8(16-7)15-6-1-3-13-5-6/h2,4,6,13H,1,3,5H2,(H,14,15,16)/t6-/m1/s1. The number of nitrogens with one attached hydrogen (secondary N) is 2. The summed E-state index contributed by atoms with van der Waals surface area (Å²) in [5.74, 6) is 0.0310. The maximum Gasteiger partial charge on any atom is 0.433 e. The van der Waals surface area contributed by atoms with Crippen LogP contribution in [0.1, 0.15) is 12.1 Å². The molecule has 1 fully saturated rings. The van der Waals surface area contributed by atoms with Crippen molar-refractivity contribution in [2.45, 2.75) is 18.6 Å². The Morgan fingerprint density at radius 3 is 2.88 bits per heavy atom. The summed E-state index contributed by atoms with van der Waals surface area (Å²) in [7, 11) is 0. The van der Waals surface area contributed by atoms with Crippen LogP contribution in [0.15, 0.2) is 12.3 Å². The molecule has 1 aliphatic heterocycles. The van der Waals surface area contributed by atoms with E-state index in [0.29, 0.717) is 0 Å². The van der Waals surface area contributed by atoms with Crippen molar-refractivity contribution in [3.63, 3.8) is 0 Å². The van der Waals surface area contributed by atoms with Crippen LogP contribution in [0.4, 0.5) is 19.1 Å². The van der Waals surface area contributed by atoms with Gasteiger partial charge in [-0.3, -0.25) is 0 Å². The molecule has 4 nitrogen and oxygen atoms in total. The monoisotopic (exact) mass is 232 g/mol. The molecule has 2 rings (SSSR count). The molecule has 2 heterocycles. The molecule has 0 radical (unpaired) electrons. The maximum absolute atomic E-state index is 12.4. The number of aromatic nitrogens is 2. The van der Waals surface area contributed by atoms with Gasteiger partial charge in [-0.2, -0.15) is 13.2 Å². The number of halogens is 3. The van der Waals surface area contributed by atoms with Crippen LogP contribution in [0.5, 0.6) is 0 Å². The minimum Gasteiger partial charge on any atom is -0.350 e. The highest BCUT2D eigenvalue weighted by atomic mass is 19.4. The van der Waals surface area contributed by atoms with Gasteiger partial charge in [0.15, 0.2) is 0 Å². The quantitative estimate of drug-likeness (QED) is 0.806. The van der Waals surface area contributed by atoms with Crippen LogP contribution >= 0.6 is 0 Å². The summed E-state index contributed by atoms with van der Waals surface area (Å²) in [4.78, 5) is 7.20. The van der Waals surface area contributed by atoms with E-state index in [0.717, 1.165) is 31.8 Å². The molecular weight excluding hydrogens is 221 g/mol. The molecule has 0 aromatic carbocycles. The van der Waals surface area contributed by atoms with Crippen molar-refractivity contribution in [2.24, 2.45) is 0 Å². The van der Waals surface area contributed by atoms with Gasteiger partial charge in [0.2, 0.25) is 5.95 Å². The predicted molar refractivity (Wildman–Crippen MR) is 51.9 cm³/mol. The molecule has 1 aromatic rings. The molecule has 1 atom stereocenters. The van der Waals surface area contributed by atoms with Gasteiger partial charge in [0, 0.05) is 18.8 Å². The zero-order valence-corrected chi connectivity index (χ0v) is 8.38. The predicted octanol–water partition coefficient (Wildman–Crippen LogP) is 1.27. The molecule has 0 unspecified atom stereocenters. The van der Waals surface area contributed by atoms with Crippen LogP contribution in [-0.4, -0.2) is 29.1 Å². The Morgan fingerprint density at radius 2 is 2.25 bits per heavy atom. The third kappa shape index (κ3) is 2.60. The Bertz CT molecular complexity index is 360. The summed E-state index contributed by atoms with van der Waals surface area (Å²) in [5, 5.41) is 5.97. The molecule has 0 bridgehead atoms. The molecule has 7 heteroatoms. The van der Waals surface area contributed by atoms with E-state index in [1.165, 1.54) is 0 Å². The van der Waals surface area contributed by atoms with Crippen molar-refractivity contribution < 1.29 is 13.2 Å². The van der Waals surface area contributed by atoms with Gasteiger partial charge in [-0.25, -0.2) is 9.97 Å². The topological polar surface area (TPSA) is 49.8 Å². The fourth-order valence-corrected chi connectivity index (χ4v) is 1.55. The lowest BCUT2D eigenvalue weighted by atomic mass is 10.3. The Kier molecular flexibility index (Phi) is 2.95. The Balaban J connectivity index is 2.09. The van der Waals surface area contributed by atoms with Crippen molar-refractivity contribution in [1.82, 2.24) is 15.3 Å². The molecule has 1 aromatic heterocycles. The summed E-state index contributed by atoms with van der Waals surface area (Å²) >= 11 is 0. The molecule has 2 N–H and O–H groups in total. The molecule has 0 spiro atoms. The maximum atomic E-state index is 12.4. The van der Waals surface area contributed by atoms with E-state index in [4.69, 9.17) is 0 Å². The average molecular weight is 232 g/mol.